The maximum atomic E-state index is 12.9. The highest BCUT2D eigenvalue weighted by atomic mass is 35.5. The van der Waals surface area contributed by atoms with Crippen molar-refractivity contribution in [1.29, 1.82) is 0 Å². The molecule has 10 heteroatoms. The second-order valence-electron chi connectivity index (χ2n) is 3.70. The van der Waals surface area contributed by atoms with E-state index in [9.17, 15) is 18.0 Å². The molecule has 1 aromatic carbocycles. The zero-order chi connectivity index (χ0) is 15.5. The third-order valence-corrected chi connectivity index (χ3v) is 4.43. The van der Waals surface area contributed by atoms with Crippen molar-refractivity contribution in [2.24, 2.45) is 0 Å². The van der Waals surface area contributed by atoms with E-state index in [1.54, 1.807) is 0 Å². The molecule has 2 rings (SSSR count). The van der Waals surface area contributed by atoms with Crippen LogP contribution in [-0.2, 0) is 11.0 Å². The largest absolute Gasteiger partial charge is 0.418 e. The van der Waals surface area contributed by atoms with E-state index in [0.717, 1.165) is 17.8 Å². The summed E-state index contributed by atoms with van der Waals surface area (Å²) >= 11 is 8.06. The number of hydrogen-bond acceptors (Lipinski definition) is 5. The molecule has 112 valence electrons. The normalized spacial score (nSPS) is 11.4. The number of amides is 1. The number of rotatable bonds is 4. The molecule has 0 saturated carbocycles. The number of halogens is 4. The first-order chi connectivity index (χ1) is 9.88. The number of para-hydroxylation sites is 1. The Morgan fingerprint density at radius 3 is 2.81 bits per heavy atom. The summed E-state index contributed by atoms with van der Waals surface area (Å²) in [5, 5.41) is 9.33. The number of benzene rings is 1. The second kappa shape index (κ2) is 6.63. The van der Waals surface area contributed by atoms with Crippen LogP contribution < -0.4 is 5.32 Å². The lowest BCUT2D eigenvalue weighted by molar-refractivity contribution is -0.137. The van der Waals surface area contributed by atoms with Crippen molar-refractivity contribution >= 4 is 46.3 Å². The molecule has 0 aliphatic rings. The maximum Gasteiger partial charge on any atom is 0.418 e. The summed E-state index contributed by atoms with van der Waals surface area (Å²) in [5.41, 5.74) is 0.0783. The van der Waals surface area contributed by atoms with Gasteiger partial charge in [0.2, 0.25) is 5.91 Å². The van der Waals surface area contributed by atoms with Crippen molar-refractivity contribution in [3.63, 3.8) is 0 Å². The van der Waals surface area contributed by atoms with Gasteiger partial charge in [0, 0.05) is 0 Å². The van der Waals surface area contributed by atoms with E-state index in [-0.39, 0.29) is 10.8 Å². The van der Waals surface area contributed by atoms with Crippen LogP contribution in [0.3, 0.4) is 0 Å². The number of nitrogens with zero attached hydrogens (tertiary/aromatic N) is 2. The number of carbonyl (C=O) groups is 1. The van der Waals surface area contributed by atoms with Gasteiger partial charge in [-0.2, -0.15) is 13.2 Å². The van der Waals surface area contributed by atoms with Gasteiger partial charge in [-0.1, -0.05) is 40.8 Å². The minimum Gasteiger partial charge on any atom is -0.324 e. The van der Waals surface area contributed by atoms with E-state index in [4.69, 9.17) is 11.6 Å². The molecule has 0 bridgehead atoms. The summed E-state index contributed by atoms with van der Waals surface area (Å²) in [6, 6.07) is 3.32. The molecule has 0 aliphatic heterocycles. The van der Waals surface area contributed by atoms with E-state index >= 15 is 0 Å². The average molecular weight is 354 g/mol. The van der Waals surface area contributed by atoms with Crippen LogP contribution in [0, 0.1) is 0 Å². The van der Waals surface area contributed by atoms with Crippen molar-refractivity contribution in [2.75, 3.05) is 11.1 Å². The van der Waals surface area contributed by atoms with Gasteiger partial charge in [0.25, 0.3) is 0 Å². The summed E-state index contributed by atoms with van der Waals surface area (Å²) in [6.45, 7) is 0. The molecule has 0 atom stereocenters. The second-order valence-corrected chi connectivity index (χ2v) is 6.16. The maximum absolute atomic E-state index is 12.9. The van der Waals surface area contributed by atoms with Crippen LogP contribution in [0.1, 0.15) is 5.56 Å². The number of hydrogen-bond donors (Lipinski definition) is 1. The molecule has 0 unspecified atom stereocenters. The van der Waals surface area contributed by atoms with Crippen LogP contribution in [0.4, 0.5) is 18.9 Å². The number of nitrogens with one attached hydrogen (secondary N) is 1. The van der Waals surface area contributed by atoms with E-state index < -0.39 is 23.3 Å². The van der Waals surface area contributed by atoms with Crippen LogP contribution in [-0.4, -0.2) is 21.9 Å². The molecule has 0 fully saturated rings. The number of alkyl halides is 3. The molecule has 21 heavy (non-hydrogen) atoms. The summed E-state index contributed by atoms with van der Waals surface area (Å²) in [4.78, 5) is 11.7. The van der Waals surface area contributed by atoms with Gasteiger partial charge in [-0.05, 0) is 12.1 Å². The van der Waals surface area contributed by atoms with Crippen LogP contribution in [0.15, 0.2) is 28.0 Å². The molecular formula is C11H7ClF3N3OS2. The Bertz CT molecular complexity index is 634. The number of anilines is 1. The van der Waals surface area contributed by atoms with Gasteiger partial charge in [-0.3, -0.25) is 4.79 Å². The fourth-order valence-electron chi connectivity index (χ4n) is 1.42. The van der Waals surface area contributed by atoms with Gasteiger partial charge >= 0.3 is 6.18 Å². The summed E-state index contributed by atoms with van der Waals surface area (Å²) in [7, 11) is 0. The lowest BCUT2D eigenvalue weighted by Crippen LogP contribution is -2.18. The molecule has 0 saturated heterocycles. The first kappa shape index (κ1) is 16.1. The van der Waals surface area contributed by atoms with Gasteiger partial charge in [-0.25, -0.2) is 0 Å². The van der Waals surface area contributed by atoms with Crippen molar-refractivity contribution in [1.82, 2.24) is 10.2 Å². The lowest BCUT2D eigenvalue weighted by Gasteiger charge is -2.14. The molecule has 1 N–H and O–H groups in total. The molecule has 0 spiro atoms. The highest BCUT2D eigenvalue weighted by Gasteiger charge is 2.34. The Kier molecular flexibility index (Phi) is 5.07. The zero-order valence-electron chi connectivity index (χ0n) is 10.1. The smallest absolute Gasteiger partial charge is 0.324 e. The first-order valence-corrected chi connectivity index (χ1v) is 7.67. The van der Waals surface area contributed by atoms with Gasteiger partial charge < -0.3 is 5.32 Å². The molecule has 0 aliphatic carbocycles. The van der Waals surface area contributed by atoms with E-state index in [2.05, 4.69) is 15.5 Å². The Morgan fingerprint density at radius 2 is 2.19 bits per heavy atom. The summed E-state index contributed by atoms with van der Waals surface area (Å²) in [5.74, 6) is -0.689. The monoisotopic (exact) mass is 353 g/mol. The molecule has 1 amide bonds. The highest BCUT2D eigenvalue weighted by molar-refractivity contribution is 8.01. The molecular weight excluding hydrogens is 347 g/mol. The fraction of sp³-hybridized carbons (Fsp3) is 0.182. The average Bonchev–Trinajstić information content (AvgIpc) is 2.90. The minimum absolute atomic E-state index is 0.0856. The predicted octanol–water partition coefficient (Wildman–Crippen LogP) is 3.94. The Balaban J connectivity index is 2.10. The molecule has 1 aromatic heterocycles. The van der Waals surface area contributed by atoms with Gasteiger partial charge in [-0.15, -0.1) is 10.2 Å². The van der Waals surface area contributed by atoms with Gasteiger partial charge in [0.05, 0.1) is 22.0 Å². The number of carbonyl (C=O) groups excluding carboxylic acids is 1. The Morgan fingerprint density at radius 1 is 1.43 bits per heavy atom. The molecule has 2 aromatic rings. The third kappa shape index (κ3) is 4.32. The quantitative estimate of drug-likeness (QED) is 0.846. The fourth-order valence-corrected chi connectivity index (χ4v) is 2.93. The highest BCUT2D eigenvalue weighted by Crippen LogP contribution is 2.38. The van der Waals surface area contributed by atoms with Crippen LogP contribution in [0.5, 0.6) is 0 Å². The topological polar surface area (TPSA) is 54.9 Å². The molecule has 0 radical (unpaired) electrons. The summed E-state index contributed by atoms with van der Waals surface area (Å²) in [6.07, 6.45) is -4.60. The predicted molar refractivity (Wildman–Crippen MR) is 75.7 cm³/mol. The SMILES string of the molecule is O=C(CSc1nncs1)Nc1c(Cl)cccc1C(F)(F)F. The lowest BCUT2D eigenvalue weighted by atomic mass is 10.1. The van der Waals surface area contributed by atoms with Crippen molar-refractivity contribution in [3.8, 4) is 0 Å². The summed E-state index contributed by atoms with van der Waals surface area (Å²) < 4.78 is 39.1. The van der Waals surface area contributed by atoms with Crippen LogP contribution in [0.25, 0.3) is 0 Å². The van der Waals surface area contributed by atoms with Gasteiger partial charge in [0.15, 0.2) is 4.34 Å². The third-order valence-electron chi connectivity index (χ3n) is 2.25. The first-order valence-electron chi connectivity index (χ1n) is 5.42. The van der Waals surface area contributed by atoms with Gasteiger partial charge in [0.1, 0.15) is 5.51 Å². The molecule has 1 heterocycles. The zero-order valence-corrected chi connectivity index (χ0v) is 12.5. The van der Waals surface area contributed by atoms with E-state index in [1.807, 2.05) is 0 Å². The van der Waals surface area contributed by atoms with Crippen LogP contribution >= 0.6 is 34.7 Å². The van der Waals surface area contributed by atoms with E-state index in [0.29, 0.717) is 4.34 Å². The molecule has 4 nitrogen and oxygen atoms in total. The standard InChI is InChI=1S/C11H7ClF3N3OS2/c12-7-3-1-2-6(11(13,14)15)9(7)17-8(19)4-20-10-18-16-5-21-10/h1-3,5H,4H2,(H,17,19). The number of thioether (sulfide) groups is 1. The van der Waals surface area contributed by atoms with Crippen molar-refractivity contribution in [2.45, 2.75) is 10.5 Å². The Labute approximate surface area is 130 Å². The number of aromatic nitrogens is 2. The van der Waals surface area contributed by atoms with Crippen molar-refractivity contribution in [3.05, 3.63) is 34.3 Å². The minimum atomic E-state index is -4.60. The van der Waals surface area contributed by atoms with Crippen molar-refractivity contribution < 1.29 is 18.0 Å². The van der Waals surface area contributed by atoms with E-state index in [1.165, 1.54) is 29.0 Å². The Hall–Kier alpha value is -1.32. The van der Waals surface area contributed by atoms with Crippen LogP contribution in [0.2, 0.25) is 5.02 Å².